The smallest absolute Gasteiger partial charge is 0.333 e. The third-order valence-electron chi connectivity index (χ3n) is 11.7. The number of carboxylic acids is 2. The normalized spacial score (nSPS) is 38.7. The third-order valence-corrected chi connectivity index (χ3v) is 11.7. The molecule has 0 amide bonds. The lowest BCUT2D eigenvalue weighted by atomic mass is 9.48. The van der Waals surface area contributed by atoms with Crippen molar-refractivity contribution in [2.75, 3.05) is 0 Å². The second-order valence-corrected chi connectivity index (χ2v) is 13.8. The molecule has 3 unspecified atom stereocenters. The summed E-state index contributed by atoms with van der Waals surface area (Å²) < 4.78 is 0. The molecule has 4 rings (SSSR count). The zero-order chi connectivity index (χ0) is 27.1. The maximum absolute atomic E-state index is 11.7. The van der Waals surface area contributed by atoms with Crippen LogP contribution in [-0.4, -0.2) is 33.4 Å². The highest BCUT2D eigenvalue weighted by atomic mass is 16.4. The predicted molar refractivity (Wildman–Crippen MR) is 146 cm³/mol. The van der Waals surface area contributed by atoms with Crippen molar-refractivity contribution in [3.63, 3.8) is 0 Å². The Hall–Kier alpha value is -1.62. The van der Waals surface area contributed by atoms with Crippen LogP contribution in [0.4, 0.5) is 0 Å². The highest BCUT2D eigenvalue weighted by Crippen LogP contribution is 2.66. The molecule has 0 bridgehead atoms. The quantitative estimate of drug-likeness (QED) is 0.289. The molecule has 3 saturated carbocycles. The van der Waals surface area contributed by atoms with E-state index in [4.69, 9.17) is 0 Å². The predicted octanol–water partition coefficient (Wildman–Crippen LogP) is 6.96. The number of allylic oxidation sites excluding steroid dienone is 4. The van der Waals surface area contributed by atoms with Crippen LogP contribution in [0, 0.1) is 58.2 Å². The standard InChI is InChI=1S/C32H50O5/c1-19(2)21(18-24(29(34)35)28(33)30(36)37)10-9-20(3)25-13-14-26-23-12-11-22-8-6-7-16-31(22,4)27(23)15-17-32(25,26)5/h9-10,12,19-22,24-28,33H,6-8,11,13-18H2,1-5H3,(H,34,35)(H,36,37)/t20-,21-,22?,24?,25-,26+,27+,28?,31+,32-/m1/s1. The lowest BCUT2D eigenvalue weighted by Crippen LogP contribution is -2.48. The summed E-state index contributed by atoms with van der Waals surface area (Å²) in [4.78, 5) is 23.0. The van der Waals surface area contributed by atoms with Crippen molar-refractivity contribution in [2.24, 2.45) is 58.2 Å². The van der Waals surface area contributed by atoms with Crippen LogP contribution in [0.5, 0.6) is 0 Å². The second kappa shape index (κ2) is 10.9. The van der Waals surface area contributed by atoms with Gasteiger partial charge in [-0.3, -0.25) is 4.79 Å². The Labute approximate surface area is 223 Å². The Balaban J connectivity index is 1.49. The fraction of sp³-hybridized carbons (Fsp3) is 0.812. The van der Waals surface area contributed by atoms with Gasteiger partial charge in [-0.05, 0) is 104 Å². The largest absolute Gasteiger partial charge is 0.481 e. The van der Waals surface area contributed by atoms with E-state index in [1.54, 1.807) is 5.57 Å². The molecule has 5 heteroatoms. The van der Waals surface area contributed by atoms with Gasteiger partial charge < -0.3 is 15.3 Å². The highest BCUT2D eigenvalue weighted by Gasteiger charge is 2.57. The first-order valence-corrected chi connectivity index (χ1v) is 14.9. The van der Waals surface area contributed by atoms with E-state index in [1.165, 1.54) is 57.8 Å². The van der Waals surface area contributed by atoms with E-state index in [-0.39, 0.29) is 18.3 Å². The van der Waals surface area contributed by atoms with Gasteiger partial charge in [0.05, 0.1) is 5.92 Å². The van der Waals surface area contributed by atoms with Gasteiger partial charge in [0.25, 0.3) is 0 Å². The molecular formula is C32H50O5. The van der Waals surface area contributed by atoms with E-state index >= 15 is 0 Å². The minimum Gasteiger partial charge on any atom is -0.481 e. The van der Waals surface area contributed by atoms with Crippen molar-refractivity contribution >= 4 is 11.9 Å². The number of aliphatic hydroxyl groups excluding tert-OH is 1. The summed E-state index contributed by atoms with van der Waals surface area (Å²) in [6.07, 6.45) is 17.3. The van der Waals surface area contributed by atoms with Crippen molar-refractivity contribution in [1.82, 2.24) is 0 Å². The molecule has 0 aromatic heterocycles. The van der Waals surface area contributed by atoms with Crippen molar-refractivity contribution in [3.8, 4) is 0 Å². The monoisotopic (exact) mass is 514 g/mol. The van der Waals surface area contributed by atoms with Crippen LogP contribution in [0.3, 0.4) is 0 Å². The average molecular weight is 515 g/mol. The molecule has 208 valence electrons. The van der Waals surface area contributed by atoms with Crippen LogP contribution in [-0.2, 0) is 9.59 Å². The molecular weight excluding hydrogens is 464 g/mol. The topological polar surface area (TPSA) is 94.8 Å². The third kappa shape index (κ3) is 5.18. The van der Waals surface area contributed by atoms with Gasteiger partial charge in [0.1, 0.15) is 0 Å². The number of carbonyl (C=O) groups is 2. The van der Waals surface area contributed by atoms with Gasteiger partial charge in [-0.2, -0.15) is 0 Å². The van der Waals surface area contributed by atoms with E-state index in [1.807, 2.05) is 13.8 Å². The molecule has 0 saturated heterocycles. The summed E-state index contributed by atoms with van der Waals surface area (Å²) in [6, 6.07) is 0. The SMILES string of the molecule is CC(C)[C@H](C=C[C@@H](C)[C@H]1CC[C@H]2C3=CCC4CCCC[C@]4(C)[C@H]3CC[C@]12C)CC(C(=O)O)C(O)C(=O)O. The van der Waals surface area contributed by atoms with Gasteiger partial charge in [0.15, 0.2) is 6.10 Å². The number of rotatable bonds is 9. The van der Waals surface area contributed by atoms with E-state index < -0.39 is 24.0 Å². The fourth-order valence-electron chi connectivity index (χ4n) is 9.30. The Kier molecular flexibility index (Phi) is 8.34. The van der Waals surface area contributed by atoms with Crippen LogP contribution >= 0.6 is 0 Å². The minimum absolute atomic E-state index is 0.0949. The number of carboxylic acid groups (broad SMARTS) is 2. The summed E-state index contributed by atoms with van der Waals surface area (Å²) >= 11 is 0. The van der Waals surface area contributed by atoms with Crippen molar-refractivity contribution < 1.29 is 24.9 Å². The Morgan fingerprint density at radius 1 is 0.946 bits per heavy atom. The Morgan fingerprint density at radius 3 is 2.30 bits per heavy atom. The van der Waals surface area contributed by atoms with E-state index in [0.717, 1.165) is 11.8 Å². The summed E-state index contributed by atoms with van der Waals surface area (Å²) in [5, 5.41) is 28.7. The molecule has 0 radical (unpaired) electrons. The van der Waals surface area contributed by atoms with E-state index in [0.29, 0.717) is 28.6 Å². The molecule has 37 heavy (non-hydrogen) atoms. The summed E-state index contributed by atoms with van der Waals surface area (Å²) in [6.45, 7) is 11.5. The van der Waals surface area contributed by atoms with Crippen LogP contribution in [0.1, 0.15) is 98.8 Å². The van der Waals surface area contributed by atoms with Gasteiger partial charge in [-0.15, -0.1) is 0 Å². The number of fused-ring (bicyclic) bond motifs is 5. The number of aliphatic hydroxyl groups is 1. The number of hydrogen-bond donors (Lipinski definition) is 3. The van der Waals surface area contributed by atoms with E-state index in [2.05, 4.69) is 39.0 Å². The molecule has 0 heterocycles. The zero-order valence-electron chi connectivity index (χ0n) is 23.7. The lowest BCUT2D eigenvalue weighted by molar-refractivity contribution is -0.160. The molecule has 0 aromatic carbocycles. The van der Waals surface area contributed by atoms with Crippen molar-refractivity contribution in [1.29, 1.82) is 0 Å². The number of hydrogen-bond acceptors (Lipinski definition) is 3. The molecule has 5 nitrogen and oxygen atoms in total. The first-order chi connectivity index (χ1) is 17.4. The fourth-order valence-corrected chi connectivity index (χ4v) is 9.30. The summed E-state index contributed by atoms with van der Waals surface area (Å²) in [5.74, 6) is -0.659. The van der Waals surface area contributed by atoms with Crippen LogP contribution in [0.2, 0.25) is 0 Å². The van der Waals surface area contributed by atoms with Gasteiger partial charge in [0, 0.05) is 0 Å². The van der Waals surface area contributed by atoms with E-state index in [9.17, 15) is 24.9 Å². The maximum atomic E-state index is 11.7. The average Bonchev–Trinajstić information content (AvgIpc) is 3.20. The van der Waals surface area contributed by atoms with Crippen molar-refractivity contribution in [3.05, 3.63) is 23.8 Å². The highest BCUT2D eigenvalue weighted by molar-refractivity contribution is 5.81. The molecule has 4 aliphatic carbocycles. The summed E-state index contributed by atoms with van der Waals surface area (Å²) in [5.41, 5.74) is 2.60. The van der Waals surface area contributed by atoms with Crippen LogP contribution in [0.25, 0.3) is 0 Å². The van der Waals surface area contributed by atoms with Crippen LogP contribution in [0.15, 0.2) is 23.8 Å². The molecule has 3 N–H and O–H groups in total. The van der Waals surface area contributed by atoms with Crippen LogP contribution < -0.4 is 0 Å². The number of aliphatic carboxylic acids is 2. The van der Waals surface area contributed by atoms with Gasteiger partial charge in [0.2, 0.25) is 0 Å². The molecule has 0 aliphatic heterocycles. The maximum Gasteiger partial charge on any atom is 0.333 e. The zero-order valence-corrected chi connectivity index (χ0v) is 23.7. The Morgan fingerprint density at radius 2 is 1.65 bits per heavy atom. The minimum atomic E-state index is -1.89. The molecule has 4 aliphatic rings. The second-order valence-electron chi connectivity index (χ2n) is 13.8. The molecule has 3 fully saturated rings. The van der Waals surface area contributed by atoms with Crippen molar-refractivity contribution in [2.45, 2.75) is 105 Å². The van der Waals surface area contributed by atoms with Gasteiger partial charge >= 0.3 is 11.9 Å². The molecule has 0 aromatic rings. The molecule has 10 atom stereocenters. The van der Waals surface area contributed by atoms with Gasteiger partial charge in [-0.1, -0.05) is 71.3 Å². The first-order valence-electron chi connectivity index (χ1n) is 14.9. The first kappa shape index (κ1) is 28.4. The summed E-state index contributed by atoms with van der Waals surface area (Å²) in [7, 11) is 0. The van der Waals surface area contributed by atoms with Gasteiger partial charge in [-0.25, -0.2) is 4.79 Å². The lowest BCUT2D eigenvalue weighted by Gasteiger charge is -2.57. The molecule has 0 spiro atoms. The Bertz CT molecular complexity index is 920.